The molecule has 5 rings (SSSR count). The summed E-state index contributed by atoms with van der Waals surface area (Å²) in [6, 6.07) is 17.9. The first-order valence-electron chi connectivity index (χ1n) is 14.3. The number of aromatic nitrogens is 2. The molecule has 0 N–H and O–H groups in total. The highest BCUT2D eigenvalue weighted by molar-refractivity contribution is 7.89. The Morgan fingerprint density at radius 2 is 1.70 bits per heavy atom. The summed E-state index contributed by atoms with van der Waals surface area (Å²) in [5, 5.41) is 14.6. The molecule has 0 atom stereocenters. The Balaban J connectivity index is 1.59. The number of amides is 2. The molecular weight excluding hydrogens is 566 g/mol. The fourth-order valence-electron chi connectivity index (χ4n) is 5.16. The first-order chi connectivity index (χ1) is 20.8. The molecule has 0 bridgehead atoms. The predicted molar refractivity (Wildman–Crippen MR) is 161 cm³/mol. The number of nitriles is 1. The number of morpholine rings is 1. The van der Waals surface area contributed by atoms with Gasteiger partial charge in [-0.2, -0.15) is 14.7 Å². The van der Waals surface area contributed by atoms with E-state index in [9.17, 15) is 23.3 Å². The van der Waals surface area contributed by atoms with Gasteiger partial charge < -0.3 is 4.74 Å². The number of hydrogen-bond acceptors (Lipinski definition) is 7. The van der Waals surface area contributed by atoms with Crippen molar-refractivity contribution in [2.45, 2.75) is 38.0 Å². The first-order valence-corrected chi connectivity index (χ1v) is 15.7. The monoisotopic (exact) mass is 599 g/mol. The molecule has 11 heteroatoms. The van der Waals surface area contributed by atoms with Gasteiger partial charge in [0.05, 0.1) is 29.5 Å². The van der Waals surface area contributed by atoms with E-state index in [-0.39, 0.29) is 22.6 Å². The summed E-state index contributed by atoms with van der Waals surface area (Å²) in [7, 11) is -3.68. The number of para-hydroxylation sites is 1. The van der Waals surface area contributed by atoms with Gasteiger partial charge in [0.1, 0.15) is 11.6 Å². The first kappa shape index (κ1) is 30.1. The molecule has 2 aliphatic rings. The standard InChI is InChI=1S/C32H33N5O5S/c1-3-4-8-15-36-31(38)28(23(2)29(21-33)32(36)39)20-25-22-37(26-9-6-5-7-10-26)34-30(25)24-11-13-27(14-12-24)43(40,41)35-16-18-42-19-17-35/h5-7,9-14,20,22H,3-4,8,15-19H2,1-2H3/b28-20+. The molecule has 0 spiro atoms. The molecule has 0 aliphatic carbocycles. The van der Waals surface area contributed by atoms with Gasteiger partial charge in [0, 0.05) is 42.5 Å². The van der Waals surface area contributed by atoms with Crippen molar-refractivity contribution >= 4 is 27.9 Å². The van der Waals surface area contributed by atoms with Gasteiger partial charge in [0.15, 0.2) is 0 Å². The minimum absolute atomic E-state index is 0.0583. The minimum Gasteiger partial charge on any atom is -0.379 e. The molecule has 3 heterocycles. The summed E-state index contributed by atoms with van der Waals surface area (Å²) in [6.45, 7) is 5.18. The second kappa shape index (κ2) is 12.9. The smallest absolute Gasteiger partial charge is 0.271 e. The molecule has 0 unspecified atom stereocenters. The number of sulfonamides is 1. The topological polar surface area (TPSA) is 126 Å². The summed E-state index contributed by atoms with van der Waals surface area (Å²) in [4.78, 5) is 27.9. The number of imide groups is 1. The van der Waals surface area contributed by atoms with E-state index < -0.39 is 21.8 Å². The lowest BCUT2D eigenvalue weighted by atomic mass is 9.93. The third kappa shape index (κ3) is 6.08. The highest BCUT2D eigenvalue weighted by Crippen LogP contribution is 2.32. The molecule has 0 saturated carbocycles. The molecule has 222 valence electrons. The van der Waals surface area contributed by atoms with Crippen LogP contribution in [0.3, 0.4) is 0 Å². The Morgan fingerprint density at radius 1 is 1.00 bits per heavy atom. The molecule has 1 fully saturated rings. The summed E-state index contributed by atoms with van der Waals surface area (Å²) >= 11 is 0. The molecule has 3 aromatic rings. The van der Waals surface area contributed by atoms with Crippen molar-refractivity contribution < 1.29 is 22.7 Å². The molecule has 10 nitrogen and oxygen atoms in total. The van der Waals surface area contributed by atoms with E-state index >= 15 is 0 Å². The van der Waals surface area contributed by atoms with Crippen LogP contribution in [0.1, 0.15) is 38.7 Å². The van der Waals surface area contributed by atoms with Gasteiger partial charge in [0.25, 0.3) is 11.8 Å². The van der Waals surface area contributed by atoms with Crippen LogP contribution in [-0.2, 0) is 24.3 Å². The van der Waals surface area contributed by atoms with E-state index in [1.165, 1.54) is 4.31 Å². The summed E-state index contributed by atoms with van der Waals surface area (Å²) in [6.07, 6.45) is 5.87. The lowest BCUT2D eigenvalue weighted by molar-refractivity contribution is -0.140. The van der Waals surface area contributed by atoms with Crippen molar-refractivity contribution in [2.24, 2.45) is 0 Å². The molecule has 2 aromatic carbocycles. The van der Waals surface area contributed by atoms with Gasteiger partial charge in [0.2, 0.25) is 10.0 Å². The number of rotatable bonds is 9. The van der Waals surface area contributed by atoms with E-state index in [4.69, 9.17) is 9.84 Å². The molecule has 43 heavy (non-hydrogen) atoms. The number of unbranched alkanes of at least 4 members (excludes halogenated alkanes) is 2. The Labute approximate surface area is 251 Å². The zero-order valence-corrected chi connectivity index (χ0v) is 25.0. The highest BCUT2D eigenvalue weighted by atomic mass is 32.2. The zero-order chi connectivity index (χ0) is 30.6. The number of ether oxygens (including phenoxy) is 1. The van der Waals surface area contributed by atoms with Crippen LogP contribution in [0, 0.1) is 11.3 Å². The van der Waals surface area contributed by atoms with Crippen LogP contribution in [0.15, 0.2) is 82.4 Å². The number of carbonyl (C=O) groups excluding carboxylic acids is 2. The molecule has 2 amide bonds. The lowest BCUT2D eigenvalue weighted by Crippen LogP contribution is -2.43. The number of nitrogens with zero attached hydrogens (tertiary/aromatic N) is 5. The van der Waals surface area contributed by atoms with Gasteiger partial charge in [-0.25, -0.2) is 13.1 Å². The van der Waals surface area contributed by atoms with Gasteiger partial charge in [-0.05, 0) is 49.3 Å². The highest BCUT2D eigenvalue weighted by Gasteiger charge is 2.35. The second-order valence-electron chi connectivity index (χ2n) is 10.4. The van der Waals surface area contributed by atoms with Crippen LogP contribution in [0.25, 0.3) is 23.0 Å². The van der Waals surface area contributed by atoms with E-state index in [2.05, 4.69) is 0 Å². The lowest BCUT2D eigenvalue weighted by Gasteiger charge is -2.27. The van der Waals surface area contributed by atoms with Crippen molar-refractivity contribution in [3.63, 3.8) is 0 Å². The maximum atomic E-state index is 13.6. The van der Waals surface area contributed by atoms with Crippen LogP contribution >= 0.6 is 0 Å². The second-order valence-corrected chi connectivity index (χ2v) is 12.3. The van der Waals surface area contributed by atoms with Crippen molar-refractivity contribution in [3.05, 3.63) is 83.1 Å². The quantitative estimate of drug-likeness (QED) is 0.203. The Morgan fingerprint density at radius 3 is 2.35 bits per heavy atom. The maximum Gasteiger partial charge on any atom is 0.271 e. The molecule has 2 aliphatic heterocycles. The zero-order valence-electron chi connectivity index (χ0n) is 24.2. The van der Waals surface area contributed by atoms with Crippen LogP contribution < -0.4 is 0 Å². The van der Waals surface area contributed by atoms with Crippen molar-refractivity contribution in [3.8, 4) is 23.0 Å². The van der Waals surface area contributed by atoms with Crippen molar-refractivity contribution in [1.29, 1.82) is 5.26 Å². The van der Waals surface area contributed by atoms with E-state index in [0.717, 1.165) is 23.4 Å². The van der Waals surface area contributed by atoms with Gasteiger partial charge in [-0.15, -0.1) is 0 Å². The molecule has 0 radical (unpaired) electrons. The van der Waals surface area contributed by atoms with Gasteiger partial charge in [-0.1, -0.05) is 50.1 Å². The van der Waals surface area contributed by atoms with Crippen LogP contribution in [0.5, 0.6) is 0 Å². The fraction of sp³-hybridized carbons (Fsp3) is 0.312. The number of hydrogen-bond donors (Lipinski definition) is 0. The van der Waals surface area contributed by atoms with E-state index in [1.807, 2.05) is 43.3 Å². The van der Waals surface area contributed by atoms with E-state index in [1.54, 1.807) is 48.1 Å². The average molecular weight is 600 g/mol. The minimum atomic E-state index is -3.68. The third-order valence-corrected chi connectivity index (χ3v) is 9.52. The maximum absolute atomic E-state index is 13.6. The number of carbonyl (C=O) groups is 2. The third-order valence-electron chi connectivity index (χ3n) is 7.61. The van der Waals surface area contributed by atoms with Crippen LogP contribution in [-0.4, -0.2) is 72.1 Å². The Kier molecular flexibility index (Phi) is 9.01. The average Bonchev–Trinajstić information content (AvgIpc) is 3.46. The number of benzene rings is 2. The Hall–Kier alpha value is -4.37. The van der Waals surface area contributed by atoms with Crippen LogP contribution in [0.2, 0.25) is 0 Å². The molecule has 1 aromatic heterocycles. The predicted octanol–water partition coefficient (Wildman–Crippen LogP) is 4.34. The normalized spacial score (nSPS) is 17.5. The summed E-state index contributed by atoms with van der Waals surface area (Å²) in [5.74, 6) is -1.03. The van der Waals surface area contributed by atoms with E-state index in [0.29, 0.717) is 55.1 Å². The molecule has 1 saturated heterocycles. The van der Waals surface area contributed by atoms with Gasteiger partial charge >= 0.3 is 0 Å². The van der Waals surface area contributed by atoms with Crippen molar-refractivity contribution in [1.82, 2.24) is 19.0 Å². The largest absolute Gasteiger partial charge is 0.379 e. The molecular formula is C32H33N5O5S. The summed E-state index contributed by atoms with van der Waals surface area (Å²) < 4.78 is 34.7. The SMILES string of the molecule is CCCCCN1C(=O)C(C#N)=C(C)/C(=C\c2cn(-c3ccccc3)nc2-c2ccc(S(=O)(=O)N3CCOCC3)cc2)C1=O. The van der Waals surface area contributed by atoms with Gasteiger partial charge in [-0.3, -0.25) is 14.5 Å². The summed E-state index contributed by atoms with van der Waals surface area (Å²) in [5.41, 5.74) is 3.02. The Bertz CT molecular complexity index is 1730. The van der Waals surface area contributed by atoms with Crippen LogP contribution in [0.4, 0.5) is 0 Å². The van der Waals surface area contributed by atoms with Crippen molar-refractivity contribution in [2.75, 3.05) is 32.8 Å². The fourth-order valence-corrected chi connectivity index (χ4v) is 6.57.